The number of nitrogens with one attached hydrogen (secondary N) is 2. The van der Waals surface area contributed by atoms with Crippen LogP contribution in [0.5, 0.6) is 0 Å². The fourth-order valence-electron chi connectivity index (χ4n) is 1.28. The molecule has 0 bridgehead atoms. The molecule has 102 valence electrons. The first-order valence-electron chi connectivity index (χ1n) is 5.34. The van der Waals surface area contributed by atoms with E-state index in [4.69, 9.17) is 5.11 Å². The average Bonchev–Trinajstić information content (AvgIpc) is 2.71. The van der Waals surface area contributed by atoms with Crippen molar-refractivity contribution in [2.75, 3.05) is 19.3 Å². The molecular formula is C10H16N2O4S2. The summed E-state index contributed by atoms with van der Waals surface area (Å²) in [6, 6.07) is 3.63. The summed E-state index contributed by atoms with van der Waals surface area (Å²) in [6.45, 7) is 0.902. The quantitative estimate of drug-likeness (QED) is 0.587. The van der Waals surface area contributed by atoms with Gasteiger partial charge in [0.15, 0.2) is 0 Å². The molecule has 3 N–H and O–H groups in total. The number of hydrogen-bond donors (Lipinski definition) is 3. The largest absolute Gasteiger partial charge is 0.481 e. The minimum absolute atomic E-state index is 0.0247. The molecule has 0 aliphatic carbocycles. The van der Waals surface area contributed by atoms with Crippen molar-refractivity contribution in [3.63, 3.8) is 0 Å². The topological polar surface area (TPSA) is 95.5 Å². The van der Waals surface area contributed by atoms with Gasteiger partial charge in [0, 0.05) is 22.8 Å². The molecule has 18 heavy (non-hydrogen) atoms. The number of thiophene rings is 1. The SMILES string of the molecule is CNS(=O)(=O)CCNCc1ccc(CC(=O)O)s1. The fraction of sp³-hybridized carbons (Fsp3) is 0.500. The third-order valence-electron chi connectivity index (χ3n) is 2.20. The Morgan fingerprint density at radius 3 is 2.67 bits per heavy atom. The predicted molar refractivity (Wildman–Crippen MR) is 70.2 cm³/mol. The van der Waals surface area contributed by atoms with Crippen LogP contribution in [0, 0.1) is 0 Å². The Labute approximate surface area is 110 Å². The maximum atomic E-state index is 11.1. The van der Waals surface area contributed by atoms with Crippen LogP contribution in [0.2, 0.25) is 0 Å². The van der Waals surface area contributed by atoms with Crippen LogP contribution < -0.4 is 10.0 Å². The van der Waals surface area contributed by atoms with E-state index in [9.17, 15) is 13.2 Å². The molecule has 0 aromatic carbocycles. The molecule has 0 aliphatic rings. The van der Waals surface area contributed by atoms with E-state index in [-0.39, 0.29) is 12.2 Å². The molecule has 0 radical (unpaired) electrons. The van der Waals surface area contributed by atoms with Gasteiger partial charge in [0.1, 0.15) is 0 Å². The molecule has 0 spiro atoms. The second-order valence-electron chi connectivity index (χ2n) is 3.64. The van der Waals surface area contributed by atoms with Gasteiger partial charge in [-0.2, -0.15) is 0 Å². The molecule has 6 nitrogen and oxygen atoms in total. The highest BCUT2D eigenvalue weighted by Gasteiger charge is 2.07. The van der Waals surface area contributed by atoms with Crippen LogP contribution >= 0.6 is 11.3 Å². The highest BCUT2D eigenvalue weighted by molar-refractivity contribution is 7.89. The normalized spacial score (nSPS) is 11.6. The van der Waals surface area contributed by atoms with E-state index < -0.39 is 16.0 Å². The van der Waals surface area contributed by atoms with E-state index in [1.54, 1.807) is 6.07 Å². The van der Waals surface area contributed by atoms with Gasteiger partial charge in [-0.1, -0.05) is 0 Å². The van der Waals surface area contributed by atoms with Crippen LogP contribution in [-0.2, 0) is 27.8 Å². The van der Waals surface area contributed by atoms with E-state index in [1.807, 2.05) is 6.07 Å². The summed E-state index contributed by atoms with van der Waals surface area (Å²) < 4.78 is 24.5. The first-order chi connectivity index (χ1) is 8.43. The number of carboxylic acid groups (broad SMARTS) is 1. The van der Waals surface area contributed by atoms with Crippen LogP contribution in [0.1, 0.15) is 9.75 Å². The van der Waals surface area contributed by atoms with Gasteiger partial charge in [-0.25, -0.2) is 13.1 Å². The van der Waals surface area contributed by atoms with Gasteiger partial charge in [0.05, 0.1) is 12.2 Å². The third kappa shape index (κ3) is 5.58. The van der Waals surface area contributed by atoms with Gasteiger partial charge < -0.3 is 10.4 Å². The van der Waals surface area contributed by atoms with Crippen molar-refractivity contribution >= 4 is 27.3 Å². The minimum atomic E-state index is -3.17. The Morgan fingerprint density at radius 1 is 1.39 bits per heavy atom. The summed E-state index contributed by atoms with van der Waals surface area (Å²) in [6.07, 6.45) is 0.0266. The van der Waals surface area contributed by atoms with Crippen molar-refractivity contribution in [2.24, 2.45) is 0 Å². The summed E-state index contributed by atoms with van der Waals surface area (Å²) in [5.41, 5.74) is 0. The van der Waals surface area contributed by atoms with E-state index in [0.717, 1.165) is 9.75 Å². The molecule has 0 amide bonds. The Hall–Kier alpha value is -0.960. The summed E-state index contributed by atoms with van der Waals surface area (Å²) in [5, 5.41) is 11.6. The smallest absolute Gasteiger partial charge is 0.308 e. The number of aliphatic carboxylic acids is 1. The molecule has 0 aliphatic heterocycles. The zero-order valence-electron chi connectivity index (χ0n) is 9.97. The molecule has 0 saturated heterocycles. The number of carbonyl (C=O) groups is 1. The first-order valence-corrected chi connectivity index (χ1v) is 7.81. The molecule has 0 atom stereocenters. The summed E-state index contributed by atoms with van der Waals surface area (Å²) >= 11 is 1.42. The highest BCUT2D eigenvalue weighted by Crippen LogP contribution is 2.16. The van der Waals surface area contributed by atoms with Crippen molar-refractivity contribution in [3.8, 4) is 0 Å². The Morgan fingerprint density at radius 2 is 2.06 bits per heavy atom. The fourth-order valence-corrected chi connectivity index (χ4v) is 2.88. The lowest BCUT2D eigenvalue weighted by molar-refractivity contribution is -0.136. The summed E-state index contributed by atoms with van der Waals surface area (Å²) in [7, 11) is -1.79. The molecule has 1 heterocycles. The Balaban J connectivity index is 2.32. The van der Waals surface area contributed by atoms with Crippen molar-refractivity contribution in [1.82, 2.24) is 10.0 Å². The van der Waals surface area contributed by atoms with Crippen molar-refractivity contribution in [1.29, 1.82) is 0 Å². The monoisotopic (exact) mass is 292 g/mol. The molecular weight excluding hydrogens is 276 g/mol. The highest BCUT2D eigenvalue weighted by atomic mass is 32.2. The van der Waals surface area contributed by atoms with E-state index >= 15 is 0 Å². The molecule has 1 aromatic heterocycles. The number of hydrogen-bond acceptors (Lipinski definition) is 5. The van der Waals surface area contributed by atoms with E-state index in [2.05, 4.69) is 10.0 Å². The summed E-state index contributed by atoms with van der Waals surface area (Å²) in [4.78, 5) is 12.3. The van der Waals surface area contributed by atoms with Crippen molar-refractivity contribution in [3.05, 3.63) is 21.9 Å². The molecule has 0 fully saturated rings. The van der Waals surface area contributed by atoms with Crippen molar-refractivity contribution < 1.29 is 18.3 Å². The van der Waals surface area contributed by atoms with E-state index in [0.29, 0.717) is 13.1 Å². The van der Waals surface area contributed by atoms with Crippen LogP contribution in [0.3, 0.4) is 0 Å². The average molecular weight is 292 g/mol. The second-order valence-corrected chi connectivity index (χ2v) is 6.94. The lowest BCUT2D eigenvalue weighted by atomic mass is 10.3. The first kappa shape index (κ1) is 15.1. The second kappa shape index (κ2) is 6.83. The lowest BCUT2D eigenvalue weighted by Gasteiger charge is -2.03. The Kier molecular flexibility index (Phi) is 5.73. The van der Waals surface area contributed by atoms with Crippen molar-refractivity contribution in [2.45, 2.75) is 13.0 Å². The number of rotatable bonds is 8. The van der Waals surface area contributed by atoms with Gasteiger partial charge in [0.2, 0.25) is 10.0 Å². The van der Waals surface area contributed by atoms with Gasteiger partial charge >= 0.3 is 5.97 Å². The predicted octanol–water partition coefficient (Wildman–Crippen LogP) is 0.0140. The zero-order chi connectivity index (χ0) is 13.6. The van der Waals surface area contributed by atoms with E-state index in [1.165, 1.54) is 18.4 Å². The maximum absolute atomic E-state index is 11.1. The van der Waals surface area contributed by atoms with Gasteiger partial charge in [0.25, 0.3) is 0 Å². The third-order valence-corrected chi connectivity index (χ3v) is 4.65. The molecule has 8 heteroatoms. The standard InChI is InChI=1S/C10H16N2O4S2/c1-11-18(15,16)5-4-12-7-9-3-2-8(17-9)6-10(13)14/h2-3,11-12H,4-7H2,1H3,(H,13,14). The van der Waals surface area contributed by atoms with Crippen LogP contribution in [0.25, 0.3) is 0 Å². The molecule has 1 aromatic rings. The zero-order valence-corrected chi connectivity index (χ0v) is 11.6. The number of sulfonamides is 1. The van der Waals surface area contributed by atoms with Crippen LogP contribution in [0.4, 0.5) is 0 Å². The minimum Gasteiger partial charge on any atom is -0.481 e. The maximum Gasteiger partial charge on any atom is 0.308 e. The van der Waals surface area contributed by atoms with Crippen LogP contribution in [0.15, 0.2) is 12.1 Å². The molecule has 0 saturated carbocycles. The van der Waals surface area contributed by atoms with Gasteiger partial charge in [-0.15, -0.1) is 11.3 Å². The molecule has 1 rings (SSSR count). The van der Waals surface area contributed by atoms with Gasteiger partial charge in [-0.3, -0.25) is 4.79 Å². The van der Waals surface area contributed by atoms with Crippen LogP contribution in [-0.4, -0.2) is 38.8 Å². The Bertz CT molecular complexity index is 496. The summed E-state index contributed by atoms with van der Waals surface area (Å²) in [5.74, 6) is -0.826. The van der Waals surface area contributed by atoms with Gasteiger partial charge in [-0.05, 0) is 19.2 Å². The number of carboxylic acids is 1. The lowest BCUT2D eigenvalue weighted by Crippen LogP contribution is -2.29. The molecule has 0 unspecified atom stereocenters.